The van der Waals surface area contributed by atoms with Crippen molar-refractivity contribution in [2.45, 2.75) is 38.0 Å². The molecule has 0 saturated carbocycles. The van der Waals surface area contributed by atoms with Crippen LogP contribution in [-0.4, -0.2) is 86.6 Å². The fourth-order valence-electron chi connectivity index (χ4n) is 3.33. The van der Waals surface area contributed by atoms with E-state index in [1.54, 1.807) is 0 Å². The van der Waals surface area contributed by atoms with Gasteiger partial charge in [-0.05, 0) is 12.8 Å². The highest BCUT2D eigenvalue weighted by Crippen LogP contribution is 2.24. The molecule has 2 aliphatic heterocycles. The molecule has 1 atom stereocenters. The van der Waals surface area contributed by atoms with Gasteiger partial charge in [-0.15, -0.1) is 0 Å². The quantitative estimate of drug-likeness (QED) is 0.300. The van der Waals surface area contributed by atoms with Crippen molar-refractivity contribution in [2.75, 3.05) is 65.4 Å². The third-order valence-electron chi connectivity index (χ3n) is 5.27. The molecule has 8 nitrogen and oxygen atoms in total. The second kappa shape index (κ2) is 10.6. The standard InChI is InChI=1S/C10H25N5.C6H15N3/c1-3-9(11,12)10(13,4-2)15-7-5-14-6-8-15;7-1-4-9-5-2-8-3-6-9/h14H,3-8,11-13H2,1-2H3;8H,1-7H2. The van der Waals surface area contributed by atoms with Crippen LogP contribution in [0.3, 0.4) is 0 Å². The molecule has 2 fully saturated rings. The van der Waals surface area contributed by atoms with Crippen LogP contribution < -0.4 is 33.6 Å². The van der Waals surface area contributed by atoms with Gasteiger partial charge in [0.1, 0.15) is 5.66 Å². The second-order valence-electron chi connectivity index (χ2n) is 6.79. The van der Waals surface area contributed by atoms with Gasteiger partial charge in [0.25, 0.3) is 0 Å². The van der Waals surface area contributed by atoms with Gasteiger partial charge in [0, 0.05) is 65.4 Å². The van der Waals surface area contributed by atoms with E-state index in [1.165, 1.54) is 0 Å². The van der Waals surface area contributed by atoms with Gasteiger partial charge >= 0.3 is 0 Å². The summed E-state index contributed by atoms with van der Waals surface area (Å²) in [4.78, 5) is 4.60. The van der Waals surface area contributed by atoms with Crippen molar-refractivity contribution in [1.29, 1.82) is 0 Å². The van der Waals surface area contributed by atoms with E-state index in [9.17, 15) is 0 Å². The average Bonchev–Trinajstić information content (AvgIpc) is 2.63. The smallest absolute Gasteiger partial charge is 0.100 e. The lowest BCUT2D eigenvalue weighted by molar-refractivity contribution is 0.00439. The molecule has 2 heterocycles. The van der Waals surface area contributed by atoms with Crippen LogP contribution in [0.4, 0.5) is 0 Å². The lowest BCUT2D eigenvalue weighted by atomic mass is 9.87. The summed E-state index contributed by atoms with van der Waals surface area (Å²) in [7, 11) is 0. The Labute approximate surface area is 147 Å². The topological polar surface area (TPSA) is 135 Å². The van der Waals surface area contributed by atoms with Crippen molar-refractivity contribution >= 4 is 0 Å². The lowest BCUT2D eigenvalue weighted by Crippen LogP contribution is -2.79. The summed E-state index contributed by atoms with van der Waals surface area (Å²) in [5, 5.41) is 6.59. The molecular formula is C16H40N8. The Bertz CT molecular complexity index is 323. The number of nitrogens with zero attached hydrogens (tertiary/aromatic N) is 2. The van der Waals surface area contributed by atoms with Gasteiger partial charge in [-0.25, -0.2) is 0 Å². The van der Waals surface area contributed by atoms with Crippen molar-refractivity contribution < 1.29 is 0 Å². The van der Waals surface area contributed by atoms with E-state index in [4.69, 9.17) is 22.9 Å². The number of hydrogen-bond acceptors (Lipinski definition) is 8. The Morgan fingerprint density at radius 3 is 1.75 bits per heavy atom. The summed E-state index contributed by atoms with van der Waals surface area (Å²) in [6, 6.07) is 0. The van der Waals surface area contributed by atoms with Gasteiger partial charge in [-0.3, -0.25) is 9.80 Å². The predicted octanol–water partition coefficient (Wildman–Crippen LogP) is -2.17. The number of piperazine rings is 2. The highest BCUT2D eigenvalue weighted by molar-refractivity contribution is 5.02. The highest BCUT2D eigenvalue weighted by Gasteiger charge is 2.45. The van der Waals surface area contributed by atoms with Crippen molar-refractivity contribution in [2.24, 2.45) is 22.9 Å². The molecule has 0 spiro atoms. The summed E-state index contributed by atoms with van der Waals surface area (Å²) < 4.78 is 0. The molecule has 0 aromatic rings. The Morgan fingerprint density at radius 1 is 0.833 bits per heavy atom. The number of nitrogens with one attached hydrogen (secondary N) is 2. The van der Waals surface area contributed by atoms with Crippen LogP contribution in [0.1, 0.15) is 26.7 Å². The molecule has 1 unspecified atom stereocenters. The summed E-state index contributed by atoms with van der Waals surface area (Å²) >= 11 is 0. The van der Waals surface area contributed by atoms with Crippen molar-refractivity contribution in [3.63, 3.8) is 0 Å². The third kappa shape index (κ3) is 5.89. The van der Waals surface area contributed by atoms with E-state index in [-0.39, 0.29) is 0 Å². The summed E-state index contributed by atoms with van der Waals surface area (Å²) in [5.74, 6) is 0. The van der Waals surface area contributed by atoms with E-state index in [1.807, 2.05) is 13.8 Å². The number of nitrogens with two attached hydrogens (primary N) is 4. The Hall–Kier alpha value is -0.320. The number of hydrogen-bond donors (Lipinski definition) is 6. The molecule has 8 heteroatoms. The Morgan fingerprint density at radius 2 is 1.33 bits per heavy atom. The van der Waals surface area contributed by atoms with Crippen LogP contribution in [0.15, 0.2) is 0 Å². The predicted molar refractivity (Wildman–Crippen MR) is 101 cm³/mol. The molecule has 144 valence electrons. The molecule has 0 amide bonds. The van der Waals surface area contributed by atoms with Gasteiger partial charge in [0.05, 0.1) is 5.66 Å². The maximum atomic E-state index is 6.41. The first-order valence-corrected chi connectivity index (χ1v) is 9.36. The minimum absolute atomic E-state index is 0.593. The maximum Gasteiger partial charge on any atom is 0.100 e. The molecule has 0 bridgehead atoms. The van der Waals surface area contributed by atoms with Crippen molar-refractivity contribution in [1.82, 2.24) is 20.4 Å². The Kier molecular flexibility index (Phi) is 9.61. The van der Waals surface area contributed by atoms with Crippen molar-refractivity contribution in [3.05, 3.63) is 0 Å². The SMILES string of the molecule is CCC(N)(N)C(N)(CC)N1CCNCC1.NCCN1CCNCC1. The van der Waals surface area contributed by atoms with Gasteiger partial charge in [-0.1, -0.05) is 13.8 Å². The normalized spacial score (nSPS) is 23.2. The zero-order chi connectivity index (χ0) is 18.1. The van der Waals surface area contributed by atoms with Crippen LogP contribution >= 0.6 is 0 Å². The first-order chi connectivity index (χ1) is 11.4. The molecule has 0 aromatic carbocycles. The van der Waals surface area contributed by atoms with Crippen LogP contribution in [0.5, 0.6) is 0 Å². The third-order valence-corrected chi connectivity index (χ3v) is 5.27. The maximum absolute atomic E-state index is 6.41. The van der Waals surface area contributed by atoms with Crippen molar-refractivity contribution in [3.8, 4) is 0 Å². The van der Waals surface area contributed by atoms with Gasteiger partial charge in [-0.2, -0.15) is 0 Å². The minimum Gasteiger partial charge on any atom is -0.329 e. The molecule has 24 heavy (non-hydrogen) atoms. The van der Waals surface area contributed by atoms with Gasteiger partial charge < -0.3 is 33.6 Å². The number of rotatable bonds is 6. The second-order valence-corrected chi connectivity index (χ2v) is 6.79. The molecule has 0 aromatic heterocycles. The molecular weight excluding hydrogens is 304 g/mol. The minimum atomic E-state index is -0.820. The van der Waals surface area contributed by atoms with Gasteiger partial charge in [0.15, 0.2) is 0 Å². The van der Waals surface area contributed by atoms with E-state index < -0.39 is 11.3 Å². The largest absolute Gasteiger partial charge is 0.329 e. The highest BCUT2D eigenvalue weighted by atomic mass is 15.4. The summed E-state index contributed by atoms with van der Waals surface area (Å²) in [5.41, 5.74) is 22.6. The molecule has 10 N–H and O–H groups in total. The van der Waals surface area contributed by atoms with Crippen LogP contribution in [0.25, 0.3) is 0 Å². The zero-order valence-electron chi connectivity index (χ0n) is 15.7. The van der Waals surface area contributed by atoms with Crippen LogP contribution in [0.2, 0.25) is 0 Å². The fraction of sp³-hybridized carbons (Fsp3) is 1.00. The van der Waals surface area contributed by atoms with E-state index in [0.29, 0.717) is 6.42 Å². The summed E-state index contributed by atoms with van der Waals surface area (Å²) in [6.45, 7) is 14.2. The monoisotopic (exact) mass is 344 g/mol. The van der Waals surface area contributed by atoms with E-state index in [0.717, 1.165) is 71.9 Å². The molecule has 2 aliphatic rings. The van der Waals surface area contributed by atoms with E-state index >= 15 is 0 Å². The summed E-state index contributed by atoms with van der Waals surface area (Å²) in [6.07, 6.45) is 1.45. The van der Waals surface area contributed by atoms with E-state index in [2.05, 4.69) is 20.4 Å². The molecule has 0 radical (unpaired) electrons. The fourth-order valence-corrected chi connectivity index (χ4v) is 3.33. The molecule has 0 aliphatic carbocycles. The first kappa shape index (κ1) is 21.7. The Balaban J connectivity index is 0.000000272. The van der Waals surface area contributed by atoms with Gasteiger partial charge in [0.2, 0.25) is 0 Å². The first-order valence-electron chi connectivity index (χ1n) is 9.36. The van der Waals surface area contributed by atoms with Crippen LogP contribution in [0, 0.1) is 0 Å². The molecule has 2 saturated heterocycles. The molecule has 2 rings (SSSR count). The zero-order valence-corrected chi connectivity index (χ0v) is 15.7. The lowest BCUT2D eigenvalue weighted by Gasteiger charge is -2.51. The van der Waals surface area contributed by atoms with Crippen LogP contribution in [-0.2, 0) is 0 Å². The average molecular weight is 345 g/mol.